The smallest absolute Gasteiger partial charge is 0.256 e. The molecule has 1 heterocycles. The van der Waals surface area contributed by atoms with Crippen molar-refractivity contribution in [3.8, 4) is 11.3 Å². The Morgan fingerprint density at radius 2 is 1.92 bits per heavy atom. The van der Waals surface area contributed by atoms with Gasteiger partial charge >= 0.3 is 0 Å². The normalized spacial score (nSPS) is 11.9. The molecule has 1 aromatic heterocycles. The Kier molecular flexibility index (Phi) is 5.50. The van der Waals surface area contributed by atoms with E-state index in [1.807, 2.05) is 30.3 Å². The van der Waals surface area contributed by atoms with Gasteiger partial charge in [0.25, 0.3) is 5.22 Å². The summed E-state index contributed by atoms with van der Waals surface area (Å²) in [5, 5.41) is 2.95. The topological polar surface area (TPSA) is 55.1 Å². The van der Waals surface area contributed by atoms with Crippen LogP contribution in [0.4, 0.5) is 4.39 Å². The number of hydrogen-bond donors (Lipinski definition) is 1. The molecule has 0 saturated carbocycles. The average molecular weight is 356 g/mol. The number of nitrogens with zero attached hydrogens (tertiary/aromatic N) is 1. The lowest BCUT2D eigenvalue weighted by atomic mass is 10.2. The highest BCUT2D eigenvalue weighted by Gasteiger charge is 2.17. The van der Waals surface area contributed by atoms with Gasteiger partial charge in [-0.05, 0) is 36.8 Å². The number of hydrogen-bond acceptors (Lipinski definition) is 4. The summed E-state index contributed by atoms with van der Waals surface area (Å²) in [5.41, 5.74) is 1.78. The Labute approximate surface area is 149 Å². The highest BCUT2D eigenvalue weighted by Crippen LogP contribution is 2.28. The molecule has 128 valence electrons. The number of aromatic nitrogens is 1. The molecule has 3 aromatic rings. The third-order valence-corrected chi connectivity index (χ3v) is 4.53. The molecular formula is C19H17FN2O2S. The maximum atomic E-state index is 13.0. The fourth-order valence-corrected chi connectivity index (χ4v) is 2.94. The van der Waals surface area contributed by atoms with E-state index in [0.29, 0.717) is 17.5 Å². The third kappa shape index (κ3) is 4.70. The second kappa shape index (κ2) is 7.98. The average Bonchev–Trinajstić information content (AvgIpc) is 3.09. The Morgan fingerprint density at radius 3 is 2.64 bits per heavy atom. The van der Waals surface area contributed by atoms with E-state index in [9.17, 15) is 9.18 Å². The van der Waals surface area contributed by atoms with Crippen LogP contribution in [0.2, 0.25) is 0 Å². The van der Waals surface area contributed by atoms with Crippen LogP contribution in [-0.2, 0) is 11.3 Å². The molecule has 0 spiro atoms. The summed E-state index contributed by atoms with van der Waals surface area (Å²) in [4.78, 5) is 16.4. The second-order valence-electron chi connectivity index (χ2n) is 5.46. The number of halogens is 1. The van der Waals surface area contributed by atoms with E-state index in [1.54, 1.807) is 25.3 Å². The minimum atomic E-state index is -0.344. The SMILES string of the molecule is CC(Sc1ncc(-c2ccc(F)cc2)o1)C(=O)NCc1ccccc1. The summed E-state index contributed by atoms with van der Waals surface area (Å²) in [6.45, 7) is 2.28. The van der Waals surface area contributed by atoms with Crippen LogP contribution in [0.1, 0.15) is 12.5 Å². The van der Waals surface area contributed by atoms with Gasteiger partial charge in [-0.2, -0.15) is 0 Å². The largest absolute Gasteiger partial charge is 0.431 e. The highest BCUT2D eigenvalue weighted by molar-refractivity contribution is 8.00. The van der Waals surface area contributed by atoms with Crippen molar-refractivity contribution in [2.75, 3.05) is 0 Å². The standard InChI is InChI=1S/C19H17FN2O2S/c1-13(18(23)21-11-14-5-3-2-4-6-14)25-19-22-12-17(24-19)15-7-9-16(20)10-8-15/h2-10,12-13H,11H2,1H3,(H,21,23). The summed E-state index contributed by atoms with van der Waals surface area (Å²) in [6.07, 6.45) is 1.57. The summed E-state index contributed by atoms with van der Waals surface area (Å²) < 4.78 is 18.6. The van der Waals surface area contributed by atoms with E-state index in [1.165, 1.54) is 23.9 Å². The summed E-state index contributed by atoms with van der Waals surface area (Å²) in [7, 11) is 0. The van der Waals surface area contributed by atoms with Gasteiger partial charge < -0.3 is 9.73 Å². The van der Waals surface area contributed by atoms with Crippen LogP contribution in [0.5, 0.6) is 0 Å². The van der Waals surface area contributed by atoms with Crippen LogP contribution >= 0.6 is 11.8 Å². The van der Waals surface area contributed by atoms with Gasteiger partial charge in [0.05, 0.1) is 11.4 Å². The van der Waals surface area contributed by atoms with Crippen molar-refractivity contribution in [1.29, 1.82) is 0 Å². The van der Waals surface area contributed by atoms with Gasteiger partial charge in [-0.1, -0.05) is 42.1 Å². The molecule has 3 rings (SSSR count). The number of nitrogens with one attached hydrogen (secondary N) is 1. The number of benzene rings is 2. The highest BCUT2D eigenvalue weighted by atomic mass is 32.2. The van der Waals surface area contributed by atoms with E-state index >= 15 is 0 Å². The van der Waals surface area contributed by atoms with Crippen molar-refractivity contribution in [3.63, 3.8) is 0 Å². The van der Waals surface area contributed by atoms with E-state index in [2.05, 4.69) is 10.3 Å². The zero-order valence-corrected chi connectivity index (χ0v) is 14.4. The van der Waals surface area contributed by atoms with Crippen LogP contribution in [0.25, 0.3) is 11.3 Å². The van der Waals surface area contributed by atoms with Gasteiger partial charge in [0, 0.05) is 12.1 Å². The maximum Gasteiger partial charge on any atom is 0.256 e. The predicted molar refractivity (Wildman–Crippen MR) is 95.5 cm³/mol. The molecular weight excluding hydrogens is 339 g/mol. The maximum absolute atomic E-state index is 13.0. The number of carbonyl (C=O) groups excluding carboxylic acids is 1. The number of oxazole rings is 1. The molecule has 0 aliphatic carbocycles. The van der Waals surface area contributed by atoms with Crippen molar-refractivity contribution in [3.05, 3.63) is 72.2 Å². The molecule has 0 saturated heterocycles. The fourth-order valence-electron chi connectivity index (χ4n) is 2.19. The minimum absolute atomic E-state index is 0.0876. The van der Waals surface area contributed by atoms with E-state index in [0.717, 1.165) is 11.1 Å². The number of thioether (sulfide) groups is 1. The van der Waals surface area contributed by atoms with Crippen LogP contribution < -0.4 is 5.32 Å². The first kappa shape index (κ1) is 17.2. The molecule has 0 fully saturated rings. The number of amides is 1. The lowest BCUT2D eigenvalue weighted by Crippen LogP contribution is -2.30. The molecule has 0 radical (unpaired) electrons. The van der Waals surface area contributed by atoms with Crippen LogP contribution in [0.15, 0.2) is 70.4 Å². The Hall–Kier alpha value is -2.60. The summed E-state index contributed by atoms with van der Waals surface area (Å²) >= 11 is 1.24. The molecule has 25 heavy (non-hydrogen) atoms. The molecule has 0 bridgehead atoms. The van der Waals surface area contributed by atoms with Crippen molar-refractivity contribution >= 4 is 17.7 Å². The van der Waals surface area contributed by atoms with Gasteiger partial charge in [0.2, 0.25) is 5.91 Å². The van der Waals surface area contributed by atoms with Crippen molar-refractivity contribution < 1.29 is 13.6 Å². The molecule has 1 N–H and O–H groups in total. The van der Waals surface area contributed by atoms with E-state index in [-0.39, 0.29) is 17.0 Å². The Morgan fingerprint density at radius 1 is 1.20 bits per heavy atom. The van der Waals surface area contributed by atoms with Gasteiger partial charge in [0.15, 0.2) is 5.76 Å². The predicted octanol–water partition coefficient (Wildman–Crippen LogP) is 4.28. The fraction of sp³-hybridized carbons (Fsp3) is 0.158. The van der Waals surface area contributed by atoms with Gasteiger partial charge in [-0.25, -0.2) is 9.37 Å². The van der Waals surface area contributed by atoms with E-state index in [4.69, 9.17) is 4.42 Å². The molecule has 1 unspecified atom stereocenters. The molecule has 1 atom stereocenters. The summed E-state index contributed by atoms with van der Waals surface area (Å²) in [5.74, 6) is 0.149. The van der Waals surface area contributed by atoms with Crippen LogP contribution in [0, 0.1) is 5.82 Å². The van der Waals surface area contributed by atoms with Gasteiger partial charge in [-0.15, -0.1) is 0 Å². The molecule has 0 aliphatic heterocycles. The molecule has 4 nitrogen and oxygen atoms in total. The molecule has 1 amide bonds. The van der Waals surface area contributed by atoms with Crippen molar-refractivity contribution in [1.82, 2.24) is 10.3 Å². The van der Waals surface area contributed by atoms with Crippen LogP contribution in [-0.4, -0.2) is 16.1 Å². The number of rotatable bonds is 6. The quantitative estimate of drug-likeness (QED) is 0.670. The lowest BCUT2D eigenvalue weighted by Gasteiger charge is -2.10. The van der Waals surface area contributed by atoms with Crippen molar-refractivity contribution in [2.24, 2.45) is 0 Å². The molecule has 6 heteroatoms. The first-order chi connectivity index (χ1) is 12.1. The number of carbonyl (C=O) groups is 1. The van der Waals surface area contributed by atoms with Crippen LogP contribution in [0.3, 0.4) is 0 Å². The van der Waals surface area contributed by atoms with Gasteiger partial charge in [0.1, 0.15) is 5.82 Å². The minimum Gasteiger partial charge on any atom is -0.431 e. The Bertz CT molecular complexity index is 834. The first-order valence-electron chi connectivity index (χ1n) is 7.82. The third-order valence-electron chi connectivity index (χ3n) is 3.57. The summed E-state index contributed by atoms with van der Waals surface area (Å²) in [6, 6.07) is 15.7. The monoisotopic (exact) mass is 356 g/mol. The zero-order valence-electron chi connectivity index (χ0n) is 13.6. The van der Waals surface area contributed by atoms with E-state index < -0.39 is 0 Å². The Balaban J connectivity index is 1.56. The second-order valence-corrected chi connectivity index (χ2v) is 6.75. The first-order valence-corrected chi connectivity index (χ1v) is 8.70. The zero-order chi connectivity index (χ0) is 17.6. The van der Waals surface area contributed by atoms with Gasteiger partial charge in [-0.3, -0.25) is 4.79 Å². The lowest BCUT2D eigenvalue weighted by molar-refractivity contribution is -0.120. The molecule has 0 aliphatic rings. The van der Waals surface area contributed by atoms with Crippen molar-refractivity contribution in [2.45, 2.75) is 23.9 Å². The molecule has 2 aromatic carbocycles.